The van der Waals surface area contributed by atoms with Crippen LogP contribution in [0.4, 0.5) is 15.8 Å². The van der Waals surface area contributed by atoms with Crippen molar-refractivity contribution in [3.8, 4) is 0 Å². The second-order valence-corrected chi connectivity index (χ2v) is 5.18. The SMILES string of the molecule is CCNCc1cc(F)cc(N(C)c2ccc(CC)cc2)c1. The Hall–Kier alpha value is -1.87. The highest BCUT2D eigenvalue weighted by molar-refractivity contribution is 5.63. The molecule has 0 saturated heterocycles. The first kappa shape index (κ1) is 15.5. The molecule has 1 N–H and O–H groups in total. The van der Waals surface area contributed by atoms with Crippen LogP contribution in [-0.2, 0) is 13.0 Å². The van der Waals surface area contributed by atoms with Gasteiger partial charge >= 0.3 is 0 Å². The minimum Gasteiger partial charge on any atom is -0.345 e. The summed E-state index contributed by atoms with van der Waals surface area (Å²) in [5.41, 5.74) is 4.20. The van der Waals surface area contributed by atoms with Crippen LogP contribution in [0.15, 0.2) is 42.5 Å². The average Bonchev–Trinajstić information content (AvgIpc) is 2.51. The summed E-state index contributed by atoms with van der Waals surface area (Å²) in [6, 6.07) is 13.6. The lowest BCUT2D eigenvalue weighted by Gasteiger charge is -2.21. The van der Waals surface area contributed by atoms with Gasteiger partial charge in [0, 0.05) is 25.0 Å². The molecule has 0 amide bonds. The number of nitrogens with one attached hydrogen (secondary N) is 1. The second-order valence-electron chi connectivity index (χ2n) is 5.18. The Bertz CT molecular complexity index is 578. The minimum atomic E-state index is -0.197. The van der Waals surface area contributed by atoms with Crippen LogP contribution in [0, 0.1) is 5.82 Å². The Balaban J connectivity index is 2.24. The van der Waals surface area contributed by atoms with Crippen molar-refractivity contribution in [2.75, 3.05) is 18.5 Å². The molecule has 2 aromatic rings. The van der Waals surface area contributed by atoms with Crippen molar-refractivity contribution < 1.29 is 4.39 Å². The molecule has 2 nitrogen and oxygen atoms in total. The van der Waals surface area contributed by atoms with Crippen LogP contribution in [0.25, 0.3) is 0 Å². The van der Waals surface area contributed by atoms with Gasteiger partial charge in [0.25, 0.3) is 0 Å². The first-order valence-corrected chi connectivity index (χ1v) is 7.47. The molecule has 0 fully saturated rings. The fraction of sp³-hybridized carbons (Fsp3) is 0.333. The molecule has 0 unspecified atom stereocenters. The lowest BCUT2D eigenvalue weighted by atomic mass is 10.1. The van der Waals surface area contributed by atoms with Crippen LogP contribution >= 0.6 is 0 Å². The maximum Gasteiger partial charge on any atom is 0.125 e. The van der Waals surface area contributed by atoms with E-state index in [-0.39, 0.29) is 5.82 Å². The predicted octanol–water partition coefficient (Wildman–Crippen LogP) is 4.27. The lowest BCUT2D eigenvalue weighted by Crippen LogP contribution is -2.14. The fourth-order valence-electron chi connectivity index (χ4n) is 2.30. The third-order valence-electron chi connectivity index (χ3n) is 3.64. The number of benzene rings is 2. The molecule has 0 aliphatic carbocycles. The molecule has 3 heteroatoms. The van der Waals surface area contributed by atoms with Crippen LogP contribution < -0.4 is 10.2 Å². The quantitative estimate of drug-likeness (QED) is 0.853. The summed E-state index contributed by atoms with van der Waals surface area (Å²) < 4.78 is 13.8. The molecular formula is C18H23FN2. The van der Waals surface area contributed by atoms with Gasteiger partial charge in [-0.15, -0.1) is 0 Å². The zero-order chi connectivity index (χ0) is 15.2. The van der Waals surface area contributed by atoms with E-state index in [1.807, 2.05) is 24.9 Å². The Morgan fingerprint density at radius 1 is 0.952 bits per heavy atom. The number of hydrogen-bond acceptors (Lipinski definition) is 2. The van der Waals surface area contributed by atoms with E-state index < -0.39 is 0 Å². The summed E-state index contributed by atoms with van der Waals surface area (Å²) in [4.78, 5) is 2.01. The van der Waals surface area contributed by atoms with E-state index in [0.717, 1.165) is 29.9 Å². The van der Waals surface area contributed by atoms with Crippen molar-refractivity contribution in [2.45, 2.75) is 26.8 Å². The topological polar surface area (TPSA) is 15.3 Å². The van der Waals surface area contributed by atoms with Gasteiger partial charge < -0.3 is 10.2 Å². The van der Waals surface area contributed by atoms with Crippen molar-refractivity contribution in [2.24, 2.45) is 0 Å². The number of halogens is 1. The van der Waals surface area contributed by atoms with Crippen molar-refractivity contribution in [1.29, 1.82) is 0 Å². The van der Waals surface area contributed by atoms with Gasteiger partial charge in [-0.3, -0.25) is 0 Å². The summed E-state index contributed by atoms with van der Waals surface area (Å²) in [5, 5.41) is 3.23. The average molecular weight is 286 g/mol. The maximum absolute atomic E-state index is 13.8. The van der Waals surface area contributed by atoms with E-state index in [9.17, 15) is 4.39 Å². The number of aryl methyl sites for hydroxylation is 1. The molecule has 0 spiro atoms. The molecule has 2 aromatic carbocycles. The van der Waals surface area contributed by atoms with Crippen LogP contribution in [0.1, 0.15) is 25.0 Å². The van der Waals surface area contributed by atoms with Gasteiger partial charge in [-0.2, -0.15) is 0 Å². The summed E-state index contributed by atoms with van der Waals surface area (Å²) in [5.74, 6) is -0.197. The molecule has 0 saturated carbocycles. The molecule has 0 heterocycles. The van der Waals surface area contributed by atoms with Crippen molar-refractivity contribution in [3.63, 3.8) is 0 Å². The smallest absolute Gasteiger partial charge is 0.125 e. The highest BCUT2D eigenvalue weighted by Gasteiger charge is 2.07. The first-order valence-electron chi connectivity index (χ1n) is 7.47. The largest absolute Gasteiger partial charge is 0.345 e. The van der Waals surface area contributed by atoms with E-state index in [2.05, 4.69) is 36.5 Å². The molecule has 0 bridgehead atoms. The van der Waals surface area contributed by atoms with Gasteiger partial charge in [-0.1, -0.05) is 26.0 Å². The fourth-order valence-corrected chi connectivity index (χ4v) is 2.30. The molecular weight excluding hydrogens is 263 g/mol. The van der Waals surface area contributed by atoms with Gasteiger partial charge in [-0.25, -0.2) is 4.39 Å². The van der Waals surface area contributed by atoms with E-state index in [4.69, 9.17) is 0 Å². The van der Waals surface area contributed by atoms with Crippen LogP contribution in [0.3, 0.4) is 0 Å². The van der Waals surface area contributed by atoms with Crippen molar-refractivity contribution in [1.82, 2.24) is 5.32 Å². The van der Waals surface area contributed by atoms with Gasteiger partial charge in [-0.05, 0) is 54.4 Å². The molecule has 21 heavy (non-hydrogen) atoms. The highest BCUT2D eigenvalue weighted by atomic mass is 19.1. The zero-order valence-corrected chi connectivity index (χ0v) is 13.0. The number of nitrogens with zero attached hydrogens (tertiary/aromatic N) is 1. The molecule has 0 radical (unpaired) electrons. The normalized spacial score (nSPS) is 10.7. The van der Waals surface area contributed by atoms with Gasteiger partial charge in [0.15, 0.2) is 0 Å². The first-order chi connectivity index (χ1) is 10.1. The summed E-state index contributed by atoms with van der Waals surface area (Å²) in [6.07, 6.45) is 1.02. The summed E-state index contributed by atoms with van der Waals surface area (Å²) >= 11 is 0. The monoisotopic (exact) mass is 286 g/mol. The van der Waals surface area contributed by atoms with E-state index >= 15 is 0 Å². The predicted molar refractivity (Wildman–Crippen MR) is 87.7 cm³/mol. The van der Waals surface area contributed by atoms with E-state index in [0.29, 0.717) is 6.54 Å². The lowest BCUT2D eigenvalue weighted by molar-refractivity contribution is 0.622. The van der Waals surface area contributed by atoms with Crippen LogP contribution in [0.2, 0.25) is 0 Å². The maximum atomic E-state index is 13.8. The van der Waals surface area contributed by atoms with Gasteiger partial charge in [0.2, 0.25) is 0 Å². The van der Waals surface area contributed by atoms with Crippen LogP contribution in [0.5, 0.6) is 0 Å². The van der Waals surface area contributed by atoms with Crippen LogP contribution in [-0.4, -0.2) is 13.6 Å². The summed E-state index contributed by atoms with van der Waals surface area (Å²) in [6.45, 7) is 5.74. The molecule has 0 atom stereocenters. The Labute approximate surface area is 126 Å². The Morgan fingerprint density at radius 2 is 1.67 bits per heavy atom. The number of anilines is 2. The molecule has 112 valence electrons. The van der Waals surface area contributed by atoms with Gasteiger partial charge in [0.1, 0.15) is 5.82 Å². The molecule has 2 rings (SSSR count). The zero-order valence-electron chi connectivity index (χ0n) is 13.0. The molecule has 0 aliphatic heterocycles. The third-order valence-corrected chi connectivity index (χ3v) is 3.64. The van der Waals surface area contributed by atoms with E-state index in [1.54, 1.807) is 12.1 Å². The Kier molecular flexibility index (Phi) is 5.34. The van der Waals surface area contributed by atoms with Crippen molar-refractivity contribution >= 4 is 11.4 Å². The van der Waals surface area contributed by atoms with Crippen molar-refractivity contribution in [3.05, 3.63) is 59.4 Å². The number of hydrogen-bond donors (Lipinski definition) is 1. The van der Waals surface area contributed by atoms with E-state index in [1.165, 1.54) is 5.56 Å². The number of rotatable bonds is 6. The third kappa shape index (κ3) is 4.05. The molecule has 0 aliphatic rings. The highest BCUT2D eigenvalue weighted by Crippen LogP contribution is 2.26. The summed E-state index contributed by atoms with van der Waals surface area (Å²) in [7, 11) is 1.97. The molecule has 0 aromatic heterocycles. The van der Waals surface area contributed by atoms with Gasteiger partial charge in [0.05, 0.1) is 0 Å². The second kappa shape index (κ2) is 7.23. The minimum absolute atomic E-state index is 0.197. The Morgan fingerprint density at radius 3 is 2.29 bits per heavy atom. The standard InChI is InChI=1S/C18H23FN2/c1-4-14-6-8-17(9-7-14)21(3)18-11-15(13-20-5-2)10-16(19)12-18/h6-12,20H,4-5,13H2,1-3H3.